The van der Waals surface area contributed by atoms with Crippen molar-refractivity contribution in [3.05, 3.63) is 35.9 Å². The summed E-state index contributed by atoms with van der Waals surface area (Å²) in [5.74, 6) is 0.459. The largest absolute Gasteiger partial charge is 0.340 e. The van der Waals surface area contributed by atoms with Crippen molar-refractivity contribution >= 4 is 11.7 Å². The van der Waals surface area contributed by atoms with Crippen LogP contribution in [0, 0.1) is 0 Å². The van der Waals surface area contributed by atoms with Gasteiger partial charge in [0, 0.05) is 51.5 Å². The van der Waals surface area contributed by atoms with Gasteiger partial charge in [0.05, 0.1) is 0 Å². The Kier molecular flexibility index (Phi) is 3.57. The van der Waals surface area contributed by atoms with Gasteiger partial charge >= 0.3 is 0 Å². The Bertz CT molecular complexity index is 496. The van der Waals surface area contributed by atoms with Crippen molar-refractivity contribution in [3.8, 4) is 0 Å². The molecule has 1 amide bonds. The first-order valence-electron chi connectivity index (χ1n) is 7.20. The lowest BCUT2D eigenvalue weighted by Gasteiger charge is -2.49. The summed E-state index contributed by atoms with van der Waals surface area (Å²) in [7, 11) is 0. The number of amides is 1. The summed E-state index contributed by atoms with van der Waals surface area (Å²) in [6.07, 6.45) is 1.15. The number of rotatable bonds is 2. The van der Waals surface area contributed by atoms with Gasteiger partial charge in [-0.2, -0.15) is 0 Å². The highest BCUT2D eigenvalue weighted by Crippen LogP contribution is 2.28. The summed E-state index contributed by atoms with van der Waals surface area (Å²) in [4.78, 5) is 27.7. The fraction of sp³-hybridized carbons (Fsp3) is 0.500. The molecular weight excluding hydrogens is 252 g/mol. The molecule has 0 aliphatic carbocycles. The fourth-order valence-corrected chi connectivity index (χ4v) is 3.37. The second kappa shape index (κ2) is 5.37. The summed E-state index contributed by atoms with van der Waals surface area (Å²) < 4.78 is 0. The van der Waals surface area contributed by atoms with E-state index in [0.717, 1.165) is 6.54 Å². The maximum Gasteiger partial charge on any atom is 0.219 e. The maximum atomic E-state index is 11.8. The smallest absolute Gasteiger partial charge is 0.219 e. The van der Waals surface area contributed by atoms with Crippen molar-refractivity contribution in [2.75, 3.05) is 13.1 Å². The molecule has 20 heavy (non-hydrogen) atoms. The monoisotopic (exact) mass is 272 g/mol. The molecule has 2 bridgehead atoms. The van der Waals surface area contributed by atoms with Gasteiger partial charge in [0.2, 0.25) is 5.91 Å². The quantitative estimate of drug-likeness (QED) is 0.818. The van der Waals surface area contributed by atoms with Gasteiger partial charge in [0.15, 0.2) is 0 Å². The Labute approximate surface area is 119 Å². The van der Waals surface area contributed by atoms with Crippen LogP contribution in [-0.2, 0) is 16.1 Å². The fourth-order valence-electron chi connectivity index (χ4n) is 3.37. The summed E-state index contributed by atoms with van der Waals surface area (Å²) >= 11 is 0. The zero-order valence-electron chi connectivity index (χ0n) is 11.8. The molecule has 3 rings (SSSR count). The Hall–Kier alpha value is -1.68. The van der Waals surface area contributed by atoms with Crippen LogP contribution in [-0.4, -0.2) is 46.7 Å². The molecular formula is C16H20N2O2. The summed E-state index contributed by atoms with van der Waals surface area (Å²) in [5.41, 5.74) is 1.27. The molecule has 2 heterocycles. The zero-order chi connectivity index (χ0) is 14.1. The molecule has 2 aliphatic rings. The van der Waals surface area contributed by atoms with Crippen molar-refractivity contribution in [1.82, 2.24) is 9.80 Å². The van der Waals surface area contributed by atoms with Crippen LogP contribution in [0.1, 0.15) is 25.3 Å². The van der Waals surface area contributed by atoms with E-state index in [1.165, 1.54) is 5.56 Å². The Morgan fingerprint density at radius 1 is 1.15 bits per heavy atom. The van der Waals surface area contributed by atoms with E-state index in [9.17, 15) is 9.59 Å². The number of piperazine rings is 1. The van der Waals surface area contributed by atoms with Gasteiger partial charge in [-0.1, -0.05) is 30.3 Å². The van der Waals surface area contributed by atoms with E-state index >= 15 is 0 Å². The molecule has 4 nitrogen and oxygen atoms in total. The number of piperidine rings is 1. The molecule has 0 aromatic heterocycles. The van der Waals surface area contributed by atoms with Crippen LogP contribution in [0.2, 0.25) is 0 Å². The van der Waals surface area contributed by atoms with Crippen LogP contribution in [0.5, 0.6) is 0 Å². The number of ketones is 1. The van der Waals surface area contributed by atoms with Gasteiger partial charge in [-0.05, 0) is 5.56 Å². The lowest BCUT2D eigenvalue weighted by atomic mass is 9.89. The number of hydrogen-bond acceptors (Lipinski definition) is 3. The van der Waals surface area contributed by atoms with Crippen molar-refractivity contribution in [1.29, 1.82) is 0 Å². The van der Waals surface area contributed by atoms with Crippen LogP contribution in [0.25, 0.3) is 0 Å². The molecule has 1 aromatic carbocycles. The first kappa shape index (κ1) is 13.3. The maximum absolute atomic E-state index is 11.8. The van der Waals surface area contributed by atoms with E-state index in [1.54, 1.807) is 6.92 Å². The number of benzene rings is 1. The van der Waals surface area contributed by atoms with Crippen molar-refractivity contribution in [2.45, 2.75) is 38.4 Å². The average molecular weight is 272 g/mol. The normalized spacial score (nSPS) is 26.6. The molecule has 2 fully saturated rings. The highest BCUT2D eigenvalue weighted by Gasteiger charge is 2.40. The lowest BCUT2D eigenvalue weighted by Crippen LogP contribution is -2.62. The second-order valence-corrected chi connectivity index (χ2v) is 5.84. The molecule has 0 saturated carbocycles. The number of carbonyl (C=O) groups is 2. The van der Waals surface area contributed by atoms with E-state index in [1.807, 2.05) is 23.1 Å². The summed E-state index contributed by atoms with van der Waals surface area (Å²) in [6, 6.07) is 10.7. The number of nitrogens with zero attached hydrogens (tertiary/aromatic N) is 2. The Morgan fingerprint density at radius 2 is 1.75 bits per heavy atom. The van der Waals surface area contributed by atoms with Gasteiger partial charge in [-0.25, -0.2) is 0 Å². The topological polar surface area (TPSA) is 40.6 Å². The van der Waals surface area contributed by atoms with E-state index in [2.05, 4.69) is 17.0 Å². The highest BCUT2D eigenvalue weighted by molar-refractivity contribution is 5.81. The molecule has 106 valence electrons. The predicted octanol–water partition coefficient (Wildman–Crippen LogP) is 1.45. The predicted molar refractivity (Wildman–Crippen MR) is 76.1 cm³/mol. The number of carbonyl (C=O) groups excluding carboxylic acids is 2. The average Bonchev–Trinajstić information content (AvgIpc) is 2.40. The van der Waals surface area contributed by atoms with Gasteiger partial charge in [0.1, 0.15) is 5.78 Å². The SMILES string of the molecule is CC(=O)N1CC2CC(=O)CC(C1)N2Cc1ccccc1. The molecule has 2 saturated heterocycles. The van der Waals surface area contributed by atoms with Gasteiger partial charge in [-0.15, -0.1) is 0 Å². The van der Waals surface area contributed by atoms with Crippen LogP contribution >= 0.6 is 0 Å². The van der Waals surface area contributed by atoms with Gasteiger partial charge in [-0.3, -0.25) is 14.5 Å². The third-order valence-electron chi connectivity index (χ3n) is 4.38. The van der Waals surface area contributed by atoms with Crippen LogP contribution in [0.3, 0.4) is 0 Å². The minimum atomic E-state index is 0.119. The van der Waals surface area contributed by atoms with E-state index in [4.69, 9.17) is 0 Å². The summed E-state index contributed by atoms with van der Waals surface area (Å²) in [6.45, 7) is 3.86. The molecule has 0 N–H and O–H groups in total. The van der Waals surface area contributed by atoms with Crippen LogP contribution < -0.4 is 0 Å². The van der Waals surface area contributed by atoms with Crippen LogP contribution in [0.15, 0.2) is 30.3 Å². The molecule has 0 radical (unpaired) electrons. The lowest BCUT2D eigenvalue weighted by molar-refractivity contribution is -0.141. The Morgan fingerprint density at radius 3 is 2.30 bits per heavy atom. The van der Waals surface area contributed by atoms with E-state index in [0.29, 0.717) is 31.7 Å². The van der Waals surface area contributed by atoms with Gasteiger partial charge in [0.25, 0.3) is 0 Å². The molecule has 4 heteroatoms. The third kappa shape index (κ3) is 2.61. The zero-order valence-corrected chi connectivity index (χ0v) is 11.8. The van der Waals surface area contributed by atoms with Crippen LogP contribution in [0.4, 0.5) is 0 Å². The number of fused-ring (bicyclic) bond motifs is 2. The first-order valence-corrected chi connectivity index (χ1v) is 7.20. The third-order valence-corrected chi connectivity index (χ3v) is 4.38. The summed E-state index contributed by atoms with van der Waals surface area (Å²) in [5, 5.41) is 0. The minimum Gasteiger partial charge on any atom is -0.340 e. The van der Waals surface area contributed by atoms with Gasteiger partial charge < -0.3 is 4.90 Å². The standard InChI is InChI=1S/C16H20N2O2/c1-12(19)17-10-14-7-16(20)8-15(11-17)18(14)9-13-5-3-2-4-6-13/h2-6,14-15H,7-11H2,1H3. The number of hydrogen-bond donors (Lipinski definition) is 0. The minimum absolute atomic E-state index is 0.119. The molecule has 1 aromatic rings. The number of Topliss-reactive ketones (excluding diaryl/α,β-unsaturated/α-hetero) is 1. The molecule has 2 aliphatic heterocycles. The Balaban J connectivity index is 1.78. The molecule has 0 spiro atoms. The molecule has 2 unspecified atom stereocenters. The number of likely N-dealkylation sites (tertiary alicyclic amines) is 1. The molecule has 2 atom stereocenters. The van der Waals surface area contributed by atoms with Crippen molar-refractivity contribution in [2.24, 2.45) is 0 Å². The van der Waals surface area contributed by atoms with Crippen molar-refractivity contribution < 1.29 is 9.59 Å². The highest BCUT2D eigenvalue weighted by atomic mass is 16.2. The van der Waals surface area contributed by atoms with E-state index in [-0.39, 0.29) is 18.0 Å². The van der Waals surface area contributed by atoms with Crippen molar-refractivity contribution in [3.63, 3.8) is 0 Å². The first-order chi connectivity index (χ1) is 9.63. The second-order valence-electron chi connectivity index (χ2n) is 5.84. The van der Waals surface area contributed by atoms with E-state index < -0.39 is 0 Å².